The highest BCUT2D eigenvalue weighted by Crippen LogP contribution is 2.32. The van der Waals surface area contributed by atoms with E-state index in [1.54, 1.807) is 6.20 Å². The molecule has 3 heterocycles. The maximum atomic E-state index is 13.1. The summed E-state index contributed by atoms with van der Waals surface area (Å²) in [4.78, 5) is 29.3. The first kappa shape index (κ1) is 24.4. The number of carbonyl (C=O) groups is 2. The van der Waals surface area contributed by atoms with Gasteiger partial charge in [-0.1, -0.05) is 36.4 Å². The van der Waals surface area contributed by atoms with Crippen LogP contribution in [0.25, 0.3) is 33.2 Å². The Kier molecular flexibility index (Phi) is 5.87. The molecule has 2 aromatic heterocycles. The van der Waals surface area contributed by atoms with Crippen LogP contribution in [0.2, 0.25) is 0 Å². The van der Waals surface area contributed by atoms with Gasteiger partial charge in [-0.2, -0.15) is 5.10 Å². The summed E-state index contributed by atoms with van der Waals surface area (Å²) in [5, 5.41) is 15.7. The average molecular weight is 517 g/mol. The summed E-state index contributed by atoms with van der Waals surface area (Å²) in [5.74, 6) is -0.0448. The summed E-state index contributed by atoms with van der Waals surface area (Å²) in [6.07, 6.45) is 5.45. The Morgan fingerprint density at radius 2 is 1.69 bits per heavy atom. The molecule has 1 aliphatic heterocycles. The highest BCUT2D eigenvalue weighted by Gasteiger charge is 2.22. The largest absolute Gasteiger partial charge is 0.348 e. The number of hydrogen-bond donors (Lipinski definition) is 3. The summed E-state index contributed by atoms with van der Waals surface area (Å²) in [6.45, 7) is 6.71. The van der Waals surface area contributed by atoms with Gasteiger partial charge in [-0.05, 0) is 73.2 Å². The molecule has 5 aromatic rings. The fourth-order valence-electron chi connectivity index (χ4n) is 4.80. The lowest BCUT2D eigenvalue weighted by Gasteiger charge is -2.18. The third kappa shape index (κ3) is 4.72. The van der Waals surface area contributed by atoms with Gasteiger partial charge in [0, 0.05) is 47.3 Å². The van der Waals surface area contributed by atoms with Crippen molar-refractivity contribution < 1.29 is 9.59 Å². The van der Waals surface area contributed by atoms with Gasteiger partial charge in [0.25, 0.3) is 5.91 Å². The number of fused-ring (bicyclic) bond motifs is 2. The van der Waals surface area contributed by atoms with E-state index in [2.05, 4.69) is 47.8 Å². The van der Waals surface area contributed by atoms with Crippen molar-refractivity contribution in [3.63, 3.8) is 0 Å². The van der Waals surface area contributed by atoms with Crippen molar-refractivity contribution in [2.24, 2.45) is 0 Å². The van der Waals surface area contributed by atoms with E-state index in [0.29, 0.717) is 29.2 Å². The molecule has 194 valence electrons. The topological polar surface area (TPSA) is 101 Å². The number of nitrogens with zero attached hydrogens (tertiary/aromatic N) is 3. The molecular weight excluding hydrogens is 488 g/mol. The van der Waals surface area contributed by atoms with E-state index in [4.69, 9.17) is 5.10 Å². The van der Waals surface area contributed by atoms with Gasteiger partial charge in [0.15, 0.2) is 0 Å². The minimum absolute atomic E-state index is 0.0448. The van der Waals surface area contributed by atoms with E-state index in [-0.39, 0.29) is 17.5 Å². The van der Waals surface area contributed by atoms with Crippen LogP contribution in [0, 0.1) is 0 Å². The number of pyridine rings is 1. The fourth-order valence-corrected chi connectivity index (χ4v) is 4.80. The minimum atomic E-state index is -0.363. The van der Waals surface area contributed by atoms with Crippen LogP contribution < -0.4 is 16.0 Å². The molecule has 0 spiro atoms. The second-order valence-electron chi connectivity index (χ2n) is 10.6. The quantitative estimate of drug-likeness (QED) is 0.257. The molecule has 0 aliphatic carbocycles. The van der Waals surface area contributed by atoms with Gasteiger partial charge in [-0.15, -0.1) is 0 Å². The molecule has 0 bridgehead atoms. The number of hydrogen-bond acceptors (Lipinski definition) is 4. The Labute approximate surface area is 226 Å². The lowest BCUT2D eigenvalue weighted by atomic mass is 9.97. The van der Waals surface area contributed by atoms with Gasteiger partial charge in [-0.25, -0.2) is 4.79 Å². The lowest BCUT2D eigenvalue weighted by Crippen LogP contribution is -2.22. The SMILES string of the molecule is CC(C)(C)n1cc(NC(=O)Nc2ccc(-c3cccc4c3CNC4=O)cc2)c(-c2ccc3cnccc3c2)n1. The van der Waals surface area contributed by atoms with Crippen LogP contribution in [0.15, 0.2) is 85.3 Å². The highest BCUT2D eigenvalue weighted by atomic mass is 16.2. The van der Waals surface area contributed by atoms with E-state index < -0.39 is 0 Å². The van der Waals surface area contributed by atoms with Gasteiger partial charge in [-0.3, -0.25) is 14.5 Å². The van der Waals surface area contributed by atoms with Crippen LogP contribution in [-0.4, -0.2) is 26.7 Å². The zero-order chi connectivity index (χ0) is 27.1. The average Bonchev–Trinajstić information content (AvgIpc) is 3.53. The first-order chi connectivity index (χ1) is 18.8. The second kappa shape index (κ2) is 9.40. The number of urea groups is 1. The molecule has 3 amide bonds. The van der Waals surface area contributed by atoms with E-state index in [9.17, 15) is 9.59 Å². The van der Waals surface area contributed by atoms with Crippen molar-refractivity contribution in [3.8, 4) is 22.4 Å². The molecule has 8 heteroatoms. The Morgan fingerprint density at radius 3 is 2.49 bits per heavy atom. The predicted octanol–water partition coefficient (Wildman–Crippen LogP) is 6.41. The van der Waals surface area contributed by atoms with Crippen molar-refractivity contribution in [2.75, 3.05) is 10.6 Å². The molecule has 1 aliphatic rings. The number of benzene rings is 3. The molecule has 6 rings (SSSR count). The maximum absolute atomic E-state index is 13.1. The monoisotopic (exact) mass is 516 g/mol. The smallest absolute Gasteiger partial charge is 0.323 e. The van der Waals surface area contributed by atoms with Crippen LogP contribution in [0.4, 0.5) is 16.2 Å². The van der Waals surface area contributed by atoms with Gasteiger partial charge in [0.05, 0.1) is 11.2 Å². The number of rotatable bonds is 4. The molecule has 0 unspecified atom stereocenters. The normalized spacial score (nSPS) is 12.7. The number of nitrogens with one attached hydrogen (secondary N) is 3. The molecule has 3 N–H and O–H groups in total. The van der Waals surface area contributed by atoms with E-state index in [1.807, 2.05) is 77.7 Å². The first-order valence-corrected chi connectivity index (χ1v) is 12.8. The maximum Gasteiger partial charge on any atom is 0.323 e. The fraction of sp³-hybridized carbons (Fsp3) is 0.161. The number of amides is 3. The number of anilines is 2. The molecule has 0 saturated carbocycles. The summed E-state index contributed by atoms with van der Waals surface area (Å²) in [6, 6.07) is 21.0. The van der Waals surface area contributed by atoms with Crippen LogP contribution in [0.3, 0.4) is 0 Å². The number of aromatic nitrogens is 3. The molecule has 0 fully saturated rings. The third-order valence-electron chi connectivity index (χ3n) is 6.86. The molecule has 8 nitrogen and oxygen atoms in total. The summed E-state index contributed by atoms with van der Waals surface area (Å²) >= 11 is 0. The van der Waals surface area contributed by atoms with Crippen molar-refractivity contribution in [1.29, 1.82) is 0 Å². The zero-order valence-electron chi connectivity index (χ0n) is 21.9. The predicted molar refractivity (Wildman–Crippen MR) is 154 cm³/mol. The Bertz CT molecular complexity index is 1730. The van der Waals surface area contributed by atoms with E-state index in [0.717, 1.165) is 33.0 Å². The Hall–Kier alpha value is -4.98. The van der Waals surface area contributed by atoms with Crippen LogP contribution in [-0.2, 0) is 12.1 Å². The molecule has 0 radical (unpaired) electrons. The van der Waals surface area contributed by atoms with Crippen LogP contribution in [0.5, 0.6) is 0 Å². The van der Waals surface area contributed by atoms with Gasteiger partial charge >= 0.3 is 6.03 Å². The number of carbonyl (C=O) groups excluding carboxylic acids is 2. The van der Waals surface area contributed by atoms with E-state index in [1.165, 1.54) is 0 Å². The van der Waals surface area contributed by atoms with Crippen molar-refractivity contribution >= 4 is 34.1 Å². The molecule has 0 saturated heterocycles. The first-order valence-electron chi connectivity index (χ1n) is 12.8. The Balaban J connectivity index is 1.24. The van der Waals surface area contributed by atoms with E-state index >= 15 is 0 Å². The highest BCUT2D eigenvalue weighted by molar-refractivity contribution is 6.03. The van der Waals surface area contributed by atoms with Crippen LogP contribution >= 0.6 is 0 Å². The van der Waals surface area contributed by atoms with Gasteiger partial charge in [0.2, 0.25) is 0 Å². The molecule has 3 aromatic carbocycles. The van der Waals surface area contributed by atoms with Gasteiger partial charge in [0.1, 0.15) is 5.69 Å². The summed E-state index contributed by atoms with van der Waals surface area (Å²) < 4.78 is 1.86. The third-order valence-corrected chi connectivity index (χ3v) is 6.86. The zero-order valence-corrected chi connectivity index (χ0v) is 21.9. The Morgan fingerprint density at radius 1 is 0.923 bits per heavy atom. The molecule has 39 heavy (non-hydrogen) atoms. The second-order valence-corrected chi connectivity index (χ2v) is 10.6. The van der Waals surface area contributed by atoms with Crippen molar-refractivity contribution in [2.45, 2.75) is 32.9 Å². The van der Waals surface area contributed by atoms with Crippen molar-refractivity contribution in [1.82, 2.24) is 20.1 Å². The molecular formula is C31H28N6O2. The van der Waals surface area contributed by atoms with Crippen LogP contribution in [0.1, 0.15) is 36.7 Å². The molecule has 0 atom stereocenters. The van der Waals surface area contributed by atoms with Gasteiger partial charge < -0.3 is 16.0 Å². The standard InChI is InChI=1S/C31H28N6O2/c1-31(2,3)37-18-27(28(36-37)21-7-8-22-16-32-14-13-20(22)15-21)35-30(39)34-23-11-9-19(10-12-23)24-5-4-6-25-26(24)17-33-29(25)38/h4-16,18H,17H2,1-3H3,(H,33,38)(H2,34,35,39). The summed E-state index contributed by atoms with van der Waals surface area (Å²) in [5.41, 5.74) is 6.29. The lowest BCUT2D eigenvalue weighted by molar-refractivity contribution is 0.0965. The van der Waals surface area contributed by atoms with Crippen molar-refractivity contribution in [3.05, 3.63) is 96.4 Å². The minimum Gasteiger partial charge on any atom is -0.348 e. The summed E-state index contributed by atoms with van der Waals surface area (Å²) in [7, 11) is 0.